The number of anilines is 1. The molecule has 1 aromatic rings. The molecule has 2 rings (SSSR count). The lowest BCUT2D eigenvalue weighted by Crippen LogP contribution is -2.17. The van der Waals surface area contributed by atoms with Crippen LogP contribution in [0.1, 0.15) is 25.8 Å². The van der Waals surface area contributed by atoms with Gasteiger partial charge in [0, 0.05) is 12.1 Å². The molecule has 0 aliphatic carbocycles. The fraction of sp³-hybridized carbons (Fsp3) is 0.500. The van der Waals surface area contributed by atoms with E-state index in [9.17, 15) is 0 Å². The Morgan fingerprint density at radius 1 is 1.39 bits per heavy atom. The molecule has 1 aromatic carbocycles. The van der Waals surface area contributed by atoms with Crippen molar-refractivity contribution in [3.63, 3.8) is 0 Å². The van der Waals surface area contributed by atoms with Crippen LogP contribution in [0.3, 0.4) is 0 Å². The van der Waals surface area contributed by atoms with Crippen LogP contribution in [0.2, 0.25) is 0 Å². The lowest BCUT2D eigenvalue weighted by molar-refractivity contribution is 0.273. The number of nitrogens with two attached hydrogens (primary N) is 1. The van der Waals surface area contributed by atoms with Crippen molar-refractivity contribution in [2.75, 3.05) is 19.5 Å². The predicted molar refractivity (Wildman–Crippen MR) is 73.2 cm³/mol. The summed E-state index contributed by atoms with van der Waals surface area (Å²) in [7, 11) is 1.67. The van der Waals surface area contributed by atoms with Gasteiger partial charge in [0.15, 0.2) is 5.90 Å². The summed E-state index contributed by atoms with van der Waals surface area (Å²) in [6, 6.07) is 5.68. The van der Waals surface area contributed by atoms with Crippen LogP contribution in [-0.2, 0) is 11.2 Å². The van der Waals surface area contributed by atoms with Crippen molar-refractivity contribution < 1.29 is 9.47 Å². The third kappa shape index (κ3) is 2.94. The lowest BCUT2D eigenvalue weighted by Gasteiger charge is -2.09. The largest absolute Gasteiger partial charge is 0.496 e. The average molecular weight is 248 g/mol. The lowest BCUT2D eigenvalue weighted by atomic mass is 10.1. The Labute approximate surface area is 108 Å². The van der Waals surface area contributed by atoms with E-state index in [1.54, 1.807) is 7.11 Å². The maximum absolute atomic E-state index is 5.79. The fourth-order valence-corrected chi connectivity index (χ4v) is 2.03. The molecule has 0 amide bonds. The van der Waals surface area contributed by atoms with Crippen LogP contribution in [0, 0.1) is 0 Å². The molecular weight excluding hydrogens is 228 g/mol. The fourth-order valence-electron chi connectivity index (χ4n) is 2.03. The van der Waals surface area contributed by atoms with Gasteiger partial charge in [-0.25, -0.2) is 4.99 Å². The first-order valence-electron chi connectivity index (χ1n) is 6.14. The quantitative estimate of drug-likeness (QED) is 0.832. The minimum absolute atomic E-state index is 0.0882. The Hall–Kier alpha value is -1.71. The molecule has 0 radical (unpaired) electrons. The Kier molecular flexibility index (Phi) is 3.45. The molecule has 98 valence electrons. The van der Waals surface area contributed by atoms with E-state index in [2.05, 4.69) is 18.8 Å². The molecule has 18 heavy (non-hydrogen) atoms. The van der Waals surface area contributed by atoms with Crippen molar-refractivity contribution in [1.82, 2.24) is 0 Å². The number of hydrogen-bond acceptors (Lipinski definition) is 4. The van der Waals surface area contributed by atoms with E-state index >= 15 is 0 Å². The van der Waals surface area contributed by atoms with Gasteiger partial charge in [-0.05, 0) is 44.0 Å². The molecule has 0 fully saturated rings. The van der Waals surface area contributed by atoms with Crippen LogP contribution in [0.25, 0.3) is 0 Å². The van der Waals surface area contributed by atoms with Crippen LogP contribution >= 0.6 is 0 Å². The van der Waals surface area contributed by atoms with E-state index < -0.39 is 0 Å². The van der Waals surface area contributed by atoms with Crippen molar-refractivity contribution in [3.05, 3.63) is 23.8 Å². The Bertz CT molecular complexity index is 467. The van der Waals surface area contributed by atoms with Crippen molar-refractivity contribution in [3.8, 4) is 5.75 Å². The number of methoxy groups -OCH3 is 1. The number of ether oxygens (including phenoxy) is 2. The number of aryl methyl sites for hydroxylation is 1. The predicted octanol–water partition coefficient (Wildman–Crippen LogP) is 2.42. The highest BCUT2D eigenvalue weighted by Gasteiger charge is 2.25. The molecule has 2 N–H and O–H groups in total. The van der Waals surface area contributed by atoms with Gasteiger partial charge in [-0.2, -0.15) is 0 Å². The molecule has 4 heteroatoms. The van der Waals surface area contributed by atoms with Crippen LogP contribution in [0.4, 0.5) is 5.69 Å². The summed E-state index contributed by atoms with van der Waals surface area (Å²) in [5, 5.41) is 0. The third-order valence-corrected chi connectivity index (χ3v) is 2.93. The Morgan fingerprint density at radius 2 is 2.17 bits per heavy atom. The Morgan fingerprint density at radius 3 is 2.78 bits per heavy atom. The summed E-state index contributed by atoms with van der Waals surface area (Å²) in [6.45, 7) is 4.80. The van der Waals surface area contributed by atoms with Gasteiger partial charge >= 0.3 is 0 Å². The van der Waals surface area contributed by atoms with Gasteiger partial charge in [-0.3, -0.25) is 0 Å². The van der Waals surface area contributed by atoms with Gasteiger partial charge < -0.3 is 15.2 Å². The number of hydrogen-bond donors (Lipinski definition) is 1. The highest BCUT2D eigenvalue weighted by molar-refractivity contribution is 5.78. The molecule has 0 saturated carbocycles. The van der Waals surface area contributed by atoms with E-state index in [4.69, 9.17) is 15.2 Å². The van der Waals surface area contributed by atoms with E-state index in [-0.39, 0.29) is 5.54 Å². The normalized spacial score (nSPS) is 17.2. The third-order valence-electron chi connectivity index (χ3n) is 2.93. The minimum Gasteiger partial charge on any atom is -0.496 e. The van der Waals surface area contributed by atoms with E-state index in [1.807, 2.05) is 18.2 Å². The first-order valence-corrected chi connectivity index (χ1v) is 6.14. The van der Waals surface area contributed by atoms with Gasteiger partial charge in [-0.15, -0.1) is 0 Å². The van der Waals surface area contributed by atoms with Gasteiger partial charge in [0.25, 0.3) is 0 Å². The van der Waals surface area contributed by atoms with E-state index in [1.165, 1.54) is 0 Å². The smallest absolute Gasteiger partial charge is 0.184 e. The van der Waals surface area contributed by atoms with Crippen molar-refractivity contribution in [1.29, 1.82) is 0 Å². The Balaban J connectivity index is 2.04. The SMILES string of the molecule is COc1ccc(N)cc1CCC1=NC(C)(C)CO1. The monoisotopic (exact) mass is 248 g/mol. The highest BCUT2D eigenvalue weighted by atomic mass is 16.5. The van der Waals surface area contributed by atoms with Gasteiger partial charge in [0.05, 0.1) is 12.6 Å². The van der Waals surface area contributed by atoms with Gasteiger partial charge in [-0.1, -0.05) is 0 Å². The zero-order valence-corrected chi connectivity index (χ0v) is 11.2. The first kappa shape index (κ1) is 12.7. The molecular formula is C14H20N2O2. The summed E-state index contributed by atoms with van der Waals surface area (Å²) in [5.74, 6) is 1.69. The van der Waals surface area contributed by atoms with Gasteiger partial charge in [0.2, 0.25) is 0 Å². The molecule has 1 heterocycles. The van der Waals surface area contributed by atoms with E-state index in [0.717, 1.165) is 35.7 Å². The van der Waals surface area contributed by atoms with Crippen LogP contribution in [-0.4, -0.2) is 25.2 Å². The van der Waals surface area contributed by atoms with Crippen LogP contribution in [0.5, 0.6) is 5.75 Å². The first-order chi connectivity index (χ1) is 8.50. The van der Waals surface area contributed by atoms with Crippen molar-refractivity contribution in [2.45, 2.75) is 32.2 Å². The average Bonchev–Trinajstić information content (AvgIpc) is 2.66. The summed E-state index contributed by atoms with van der Waals surface area (Å²) < 4.78 is 10.9. The van der Waals surface area contributed by atoms with E-state index in [0.29, 0.717) is 6.61 Å². The topological polar surface area (TPSA) is 56.8 Å². The number of nitrogens with zero attached hydrogens (tertiary/aromatic N) is 1. The highest BCUT2D eigenvalue weighted by Crippen LogP contribution is 2.24. The molecule has 0 aromatic heterocycles. The van der Waals surface area contributed by atoms with Crippen molar-refractivity contribution >= 4 is 11.6 Å². The molecule has 0 saturated heterocycles. The molecule has 0 bridgehead atoms. The zero-order chi connectivity index (χ0) is 13.2. The maximum atomic E-state index is 5.79. The van der Waals surface area contributed by atoms with Crippen LogP contribution in [0.15, 0.2) is 23.2 Å². The second-order valence-corrected chi connectivity index (χ2v) is 5.18. The minimum atomic E-state index is -0.0882. The molecule has 0 unspecified atom stereocenters. The summed E-state index contributed by atoms with van der Waals surface area (Å²) >= 11 is 0. The second-order valence-electron chi connectivity index (χ2n) is 5.18. The molecule has 1 aliphatic rings. The maximum Gasteiger partial charge on any atom is 0.184 e. The zero-order valence-electron chi connectivity index (χ0n) is 11.2. The summed E-state index contributed by atoms with van der Waals surface area (Å²) in [4.78, 5) is 4.54. The second kappa shape index (κ2) is 4.88. The number of nitrogen functional groups attached to an aromatic ring is 1. The summed E-state index contributed by atoms with van der Waals surface area (Å²) in [5.41, 5.74) is 7.55. The van der Waals surface area contributed by atoms with Crippen LogP contribution < -0.4 is 10.5 Å². The summed E-state index contributed by atoms with van der Waals surface area (Å²) in [6.07, 6.45) is 1.60. The molecule has 0 spiro atoms. The standard InChI is InChI=1S/C14H20N2O2/c1-14(2)9-18-13(16-14)7-4-10-8-11(15)5-6-12(10)17-3/h5-6,8H,4,7,9,15H2,1-3H3. The van der Waals surface area contributed by atoms with Gasteiger partial charge in [0.1, 0.15) is 12.4 Å². The molecule has 1 aliphatic heterocycles. The van der Waals surface area contributed by atoms with Crippen molar-refractivity contribution in [2.24, 2.45) is 4.99 Å². The molecule has 4 nitrogen and oxygen atoms in total. The number of rotatable bonds is 4. The number of benzene rings is 1. The molecule has 0 atom stereocenters. The number of aliphatic imine (C=N–C) groups is 1.